The van der Waals surface area contributed by atoms with Crippen molar-refractivity contribution in [2.24, 2.45) is 5.10 Å². The average molecular weight is 519 g/mol. The quantitative estimate of drug-likeness (QED) is 0.155. The van der Waals surface area contributed by atoms with Gasteiger partial charge in [-0.2, -0.15) is 9.78 Å². The zero-order valence-electron chi connectivity index (χ0n) is 19.7. The molecule has 5 aromatic rings. The molecule has 0 saturated heterocycles. The highest BCUT2D eigenvalue weighted by Crippen LogP contribution is 2.38. The number of methoxy groups -OCH3 is 1. The van der Waals surface area contributed by atoms with Crippen molar-refractivity contribution in [1.29, 1.82) is 0 Å². The third kappa shape index (κ3) is 4.50. The van der Waals surface area contributed by atoms with Gasteiger partial charge in [0.25, 0.3) is 5.56 Å². The number of para-hydroxylation sites is 1. The number of nitro benzene ring substituents is 1. The van der Waals surface area contributed by atoms with Crippen LogP contribution >= 0.6 is 11.6 Å². The smallest absolute Gasteiger partial charge is 0.315 e. The minimum atomic E-state index is -0.576. The van der Waals surface area contributed by atoms with Gasteiger partial charge in [-0.15, -0.1) is 0 Å². The Morgan fingerprint density at radius 2 is 2.00 bits per heavy atom. The summed E-state index contributed by atoms with van der Waals surface area (Å²) in [5.74, 6) is 0.627. The SMILES string of the molecule is CCOc1cc(C=Nn2c(-c3cc4cc(Cl)ccc4o3)nc3ccccc3c2=O)cc([N+](=O)[O-])c1OC. The van der Waals surface area contributed by atoms with E-state index in [9.17, 15) is 14.9 Å². The van der Waals surface area contributed by atoms with E-state index in [-0.39, 0.29) is 29.6 Å². The monoisotopic (exact) mass is 518 g/mol. The van der Waals surface area contributed by atoms with Crippen LogP contribution in [0, 0.1) is 10.1 Å². The molecule has 0 unspecified atom stereocenters. The van der Waals surface area contributed by atoms with Crippen molar-refractivity contribution in [3.05, 3.63) is 91.7 Å². The second-order valence-corrected chi connectivity index (χ2v) is 8.30. The van der Waals surface area contributed by atoms with Crippen LogP contribution in [0.25, 0.3) is 33.5 Å². The van der Waals surface area contributed by atoms with Crippen LogP contribution in [0.4, 0.5) is 5.69 Å². The summed E-state index contributed by atoms with van der Waals surface area (Å²) in [5.41, 5.74) is 0.602. The maximum atomic E-state index is 13.5. The highest BCUT2D eigenvalue weighted by molar-refractivity contribution is 6.31. The molecule has 0 bridgehead atoms. The fourth-order valence-electron chi connectivity index (χ4n) is 3.93. The lowest BCUT2D eigenvalue weighted by Crippen LogP contribution is -2.20. The molecule has 0 aliphatic heterocycles. The fraction of sp³-hybridized carbons (Fsp3) is 0.115. The first-order chi connectivity index (χ1) is 17.9. The number of nitrogens with zero attached hydrogens (tertiary/aromatic N) is 4. The lowest BCUT2D eigenvalue weighted by atomic mass is 10.2. The number of halogens is 1. The number of benzene rings is 3. The van der Waals surface area contributed by atoms with Crippen molar-refractivity contribution in [2.75, 3.05) is 13.7 Å². The van der Waals surface area contributed by atoms with Gasteiger partial charge in [-0.25, -0.2) is 4.98 Å². The Kier molecular flexibility index (Phi) is 6.33. The highest BCUT2D eigenvalue weighted by Gasteiger charge is 2.22. The molecule has 10 nitrogen and oxygen atoms in total. The predicted octanol–water partition coefficient (Wildman–Crippen LogP) is 5.66. The molecule has 0 atom stereocenters. The average Bonchev–Trinajstić information content (AvgIpc) is 3.31. The second kappa shape index (κ2) is 9.75. The van der Waals surface area contributed by atoms with E-state index in [4.69, 9.17) is 25.5 Å². The molecule has 2 aromatic heterocycles. The molecular weight excluding hydrogens is 500 g/mol. The third-order valence-electron chi connectivity index (χ3n) is 5.53. The van der Waals surface area contributed by atoms with Gasteiger partial charge >= 0.3 is 5.69 Å². The number of ether oxygens (including phenoxy) is 2. The lowest BCUT2D eigenvalue weighted by Gasteiger charge is -2.10. The first-order valence-electron chi connectivity index (χ1n) is 11.1. The Morgan fingerprint density at radius 1 is 1.19 bits per heavy atom. The van der Waals surface area contributed by atoms with Gasteiger partial charge in [-0.1, -0.05) is 23.7 Å². The molecule has 0 aliphatic rings. The van der Waals surface area contributed by atoms with Gasteiger partial charge in [-0.05, 0) is 49.4 Å². The molecule has 11 heteroatoms. The summed E-state index contributed by atoms with van der Waals surface area (Å²) in [6.07, 6.45) is 1.32. The van der Waals surface area contributed by atoms with Crippen molar-refractivity contribution in [3.63, 3.8) is 0 Å². The molecule has 0 N–H and O–H groups in total. The molecule has 0 amide bonds. The molecule has 5 rings (SSSR count). The van der Waals surface area contributed by atoms with E-state index in [0.717, 1.165) is 10.1 Å². The molecule has 0 fully saturated rings. The number of fused-ring (bicyclic) bond motifs is 2. The maximum Gasteiger partial charge on any atom is 0.315 e. The van der Waals surface area contributed by atoms with E-state index in [1.807, 2.05) is 0 Å². The second-order valence-electron chi connectivity index (χ2n) is 7.87. The van der Waals surface area contributed by atoms with Crippen LogP contribution in [0.15, 0.2) is 75.0 Å². The normalized spacial score (nSPS) is 11.4. The van der Waals surface area contributed by atoms with E-state index < -0.39 is 10.5 Å². The van der Waals surface area contributed by atoms with E-state index in [1.54, 1.807) is 61.5 Å². The van der Waals surface area contributed by atoms with Gasteiger partial charge in [0.05, 0.1) is 35.8 Å². The van der Waals surface area contributed by atoms with E-state index in [2.05, 4.69) is 10.1 Å². The van der Waals surface area contributed by atoms with Crippen LogP contribution in [-0.4, -0.2) is 34.5 Å². The first-order valence-corrected chi connectivity index (χ1v) is 11.5. The number of rotatable bonds is 7. The minimum absolute atomic E-state index is 0.00448. The standard InChI is InChI=1S/C26H19ClN4O6/c1-3-36-22-11-15(10-20(31(33)34)24(22)35-2)14-28-30-25(29-19-7-5-4-6-18(19)26(30)32)23-13-16-12-17(27)8-9-21(16)37-23/h4-14H,3H2,1-2H3. The Balaban J connectivity index is 1.70. The summed E-state index contributed by atoms with van der Waals surface area (Å²) >= 11 is 6.11. The van der Waals surface area contributed by atoms with Gasteiger partial charge in [0.15, 0.2) is 11.5 Å². The Morgan fingerprint density at radius 3 is 2.76 bits per heavy atom. The van der Waals surface area contributed by atoms with Crippen molar-refractivity contribution >= 4 is 45.4 Å². The zero-order chi connectivity index (χ0) is 26.1. The van der Waals surface area contributed by atoms with Crippen molar-refractivity contribution < 1.29 is 18.8 Å². The van der Waals surface area contributed by atoms with Crippen LogP contribution < -0.4 is 15.0 Å². The number of furan rings is 1. The summed E-state index contributed by atoms with van der Waals surface area (Å²) in [6, 6.07) is 16.6. The van der Waals surface area contributed by atoms with Gasteiger partial charge in [0.2, 0.25) is 11.6 Å². The van der Waals surface area contributed by atoms with Gasteiger partial charge in [-0.3, -0.25) is 14.9 Å². The fourth-order valence-corrected chi connectivity index (χ4v) is 4.11. The zero-order valence-corrected chi connectivity index (χ0v) is 20.4. The summed E-state index contributed by atoms with van der Waals surface area (Å²) in [7, 11) is 1.33. The van der Waals surface area contributed by atoms with Crippen LogP contribution in [0.2, 0.25) is 5.02 Å². The van der Waals surface area contributed by atoms with Gasteiger partial charge in [0.1, 0.15) is 5.58 Å². The van der Waals surface area contributed by atoms with E-state index in [1.165, 1.54) is 19.4 Å². The molecule has 37 heavy (non-hydrogen) atoms. The molecule has 0 aliphatic carbocycles. The molecule has 3 aromatic carbocycles. The number of hydrogen-bond acceptors (Lipinski definition) is 8. The number of nitro groups is 1. The first kappa shape index (κ1) is 24.0. The number of hydrogen-bond donors (Lipinski definition) is 0. The Hall–Kier alpha value is -4.70. The highest BCUT2D eigenvalue weighted by atomic mass is 35.5. The van der Waals surface area contributed by atoms with Crippen molar-refractivity contribution in [3.8, 4) is 23.1 Å². The summed E-state index contributed by atoms with van der Waals surface area (Å²) in [5, 5.41) is 17.6. The Bertz CT molecular complexity index is 1760. The molecular formula is C26H19ClN4O6. The van der Waals surface area contributed by atoms with Crippen molar-refractivity contribution in [1.82, 2.24) is 9.66 Å². The van der Waals surface area contributed by atoms with Crippen LogP contribution in [0.5, 0.6) is 11.5 Å². The largest absolute Gasteiger partial charge is 0.490 e. The molecule has 0 radical (unpaired) electrons. The molecule has 2 heterocycles. The summed E-state index contributed by atoms with van der Waals surface area (Å²) < 4.78 is 17.8. The maximum absolute atomic E-state index is 13.5. The van der Waals surface area contributed by atoms with Gasteiger partial charge in [0, 0.05) is 22.0 Å². The summed E-state index contributed by atoms with van der Waals surface area (Å²) in [6.45, 7) is 2.02. The van der Waals surface area contributed by atoms with Crippen molar-refractivity contribution in [2.45, 2.75) is 6.92 Å². The van der Waals surface area contributed by atoms with E-state index in [0.29, 0.717) is 32.8 Å². The summed E-state index contributed by atoms with van der Waals surface area (Å²) in [4.78, 5) is 29.2. The minimum Gasteiger partial charge on any atom is -0.490 e. The van der Waals surface area contributed by atoms with E-state index >= 15 is 0 Å². The van der Waals surface area contributed by atoms with Crippen LogP contribution in [0.3, 0.4) is 0 Å². The van der Waals surface area contributed by atoms with Crippen LogP contribution in [0.1, 0.15) is 12.5 Å². The lowest BCUT2D eigenvalue weighted by molar-refractivity contribution is -0.385. The topological polar surface area (TPSA) is 122 Å². The molecule has 0 saturated carbocycles. The third-order valence-corrected chi connectivity index (χ3v) is 5.77. The molecule has 186 valence electrons. The number of aromatic nitrogens is 2. The van der Waals surface area contributed by atoms with Crippen LogP contribution in [-0.2, 0) is 0 Å². The van der Waals surface area contributed by atoms with Gasteiger partial charge < -0.3 is 13.9 Å². The molecule has 0 spiro atoms. The Labute approximate surface area is 214 Å². The predicted molar refractivity (Wildman–Crippen MR) is 140 cm³/mol.